The summed E-state index contributed by atoms with van der Waals surface area (Å²) in [4.78, 5) is 34.1. The van der Waals surface area contributed by atoms with Gasteiger partial charge in [0, 0.05) is 30.0 Å². The molecule has 0 saturated heterocycles. The number of thioether (sulfide) groups is 1. The lowest BCUT2D eigenvalue weighted by Crippen LogP contribution is -2.32. The number of hydrogen-bond acceptors (Lipinski definition) is 5. The molecule has 0 atom stereocenters. The summed E-state index contributed by atoms with van der Waals surface area (Å²) in [6, 6.07) is 8.10. The number of hydrogen-bond donors (Lipinski definition) is 0. The maximum Gasteiger partial charge on any atom is 0.348 e. The first kappa shape index (κ1) is 21.1. The average molecular weight is 427 g/mol. The number of rotatable bonds is 7. The van der Waals surface area contributed by atoms with E-state index in [0.717, 1.165) is 68.0 Å². The number of anilines is 1. The molecule has 4 rings (SSSR count). The highest BCUT2D eigenvalue weighted by Gasteiger charge is 2.26. The third-order valence-corrected chi connectivity index (χ3v) is 6.96. The topological polar surface area (TPSA) is 58.4 Å². The SMILES string of the molecule is CN(C)CCCn1c2c(c(SCC(=O)N3CCc4ccccc43)nc1=O)CCCC2. The molecular weight excluding hydrogens is 396 g/mol. The molecule has 6 nitrogen and oxygen atoms in total. The maximum absolute atomic E-state index is 12.9. The monoisotopic (exact) mass is 426 g/mol. The van der Waals surface area contributed by atoms with E-state index in [9.17, 15) is 9.59 Å². The summed E-state index contributed by atoms with van der Waals surface area (Å²) in [5.74, 6) is 0.407. The molecule has 0 radical (unpaired) electrons. The summed E-state index contributed by atoms with van der Waals surface area (Å²) in [5.41, 5.74) is 4.41. The van der Waals surface area contributed by atoms with Gasteiger partial charge < -0.3 is 9.80 Å². The zero-order valence-corrected chi connectivity index (χ0v) is 18.7. The third kappa shape index (κ3) is 4.47. The number of carbonyl (C=O) groups is 1. The van der Waals surface area contributed by atoms with Crippen LogP contribution in [-0.4, -0.2) is 53.3 Å². The summed E-state index contributed by atoms with van der Waals surface area (Å²) in [6.07, 6.45) is 5.93. The van der Waals surface area contributed by atoms with Gasteiger partial charge in [-0.2, -0.15) is 4.98 Å². The Morgan fingerprint density at radius 1 is 1.17 bits per heavy atom. The normalized spacial score (nSPS) is 15.4. The lowest BCUT2D eigenvalue weighted by molar-refractivity contribution is -0.116. The van der Waals surface area contributed by atoms with Crippen LogP contribution in [0.5, 0.6) is 0 Å². The lowest BCUT2D eigenvalue weighted by Gasteiger charge is -2.23. The molecule has 2 aromatic rings. The largest absolute Gasteiger partial charge is 0.348 e. The Morgan fingerprint density at radius 3 is 2.80 bits per heavy atom. The minimum absolute atomic E-state index is 0.0893. The summed E-state index contributed by atoms with van der Waals surface area (Å²) < 4.78 is 1.88. The fourth-order valence-corrected chi connectivity index (χ4v) is 5.40. The highest BCUT2D eigenvalue weighted by Crippen LogP contribution is 2.31. The van der Waals surface area contributed by atoms with Crippen molar-refractivity contribution >= 4 is 23.4 Å². The fourth-order valence-electron chi connectivity index (χ4n) is 4.45. The molecule has 7 heteroatoms. The van der Waals surface area contributed by atoms with Crippen molar-refractivity contribution in [1.82, 2.24) is 14.5 Å². The number of para-hydroxylation sites is 1. The third-order valence-electron chi connectivity index (χ3n) is 5.96. The van der Waals surface area contributed by atoms with Crippen molar-refractivity contribution in [3.63, 3.8) is 0 Å². The second-order valence-corrected chi connectivity index (χ2v) is 9.32. The van der Waals surface area contributed by atoms with Gasteiger partial charge in [-0.3, -0.25) is 9.36 Å². The zero-order valence-electron chi connectivity index (χ0n) is 17.9. The highest BCUT2D eigenvalue weighted by atomic mass is 32.2. The van der Waals surface area contributed by atoms with E-state index < -0.39 is 0 Å². The quantitative estimate of drug-likeness (QED) is 0.503. The summed E-state index contributed by atoms with van der Waals surface area (Å²) in [7, 11) is 4.10. The molecule has 30 heavy (non-hydrogen) atoms. The minimum Gasteiger partial charge on any atom is -0.311 e. The Bertz CT molecular complexity index is 986. The Hall–Kier alpha value is -2.12. The van der Waals surface area contributed by atoms with E-state index in [1.165, 1.54) is 22.9 Å². The van der Waals surface area contributed by atoms with Crippen LogP contribution in [0.15, 0.2) is 34.1 Å². The van der Waals surface area contributed by atoms with Gasteiger partial charge in [0.15, 0.2) is 0 Å². The van der Waals surface area contributed by atoms with E-state index in [4.69, 9.17) is 0 Å². The van der Waals surface area contributed by atoms with Gasteiger partial charge in [-0.25, -0.2) is 4.79 Å². The predicted molar refractivity (Wildman–Crippen MR) is 122 cm³/mol. The van der Waals surface area contributed by atoms with Crippen LogP contribution >= 0.6 is 11.8 Å². The van der Waals surface area contributed by atoms with Crippen LogP contribution in [0, 0.1) is 0 Å². The molecule has 0 bridgehead atoms. The molecule has 1 aromatic heterocycles. The molecule has 2 heterocycles. The van der Waals surface area contributed by atoms with Gasteiger partial charge >= 0.3 is 5.69 Å². The van der Waals surface area contributed by atoms with Crippen LogP contribution in [0.2, 0.25) is 0 Å². The number of fused-ring (bicyclic) bond motifs is 2. The molecular formula is C23H30N4O2S. The molecule has 0 saturated carbocycles. The molecule has 1 aliphatic carbocycles. The Balaban J connectivity index is 1.50. The van der Waals surface area contributed by atoms with Crippen molar-refractivity contribution in [2.75, 3.05) is 37.8 Å². The maximum atomic E-state index is 12.9. The number of benzene rings is 1. The summed E-state index contributed by atoms with van der Waals surface area (Å²) in [5, 5.41) is 0.763. The van der Waals surface area contributed by atoms with Crippen LogP contribution in [0.1, 0.15) is 36.1 Å². The molecule has 160 valence electrons. The van der Waals surface area contributed by atoms with Crippen molar-refractivity contribution in [2.45, 2.75) is 50.1 Å². The molecule has 0 spiro atoms. The smallest absolute Gasteiger partial charge is 0.311 e. The van der Waals surface area contributed by atoms with Gasteiger partial charge in [0.2, 0.25) is 5.91 Å². The first-order valence-electron chi connectivity index (χ1n) is 10.8. The summed E-state index contributed by atoms with van der Waals surface area (Å²) in [6.45, 7) is 2.39. The van der Waals surface area contributed by atoms with Crippen molar-refractivity contribution in [2.24, 2.45) is 0 Å². The number of nitrogens with zero attached hydrogens (tertiary/aromatic N) is 4. The summed E-state index contributed by atoms with van der Waals surface area (Å²) >= 11 is 1.43. The average Bonchev–Trinajstić information content (AvgIpc) is 3.18. The fraction of sp³-hybridized carbons (Fsp3) is 0.522. The Morgan fingerprint density at radius 2 is 1.97 bits per heavy atom. The second kappa shape index (κ2) is 9.35. The van der Waals surface area contributed by atoms with Crippen LogP contribution in [0.3, 0.4) is 0 Å². The number of amides is 1. The standard InChI is InChI=1S/C23H30N4O2S/c1-25(2)13-7-14-27-20-11-6-4-9-18(20)22(24-23(27)29)30-16-21(28)26-15-12-17-8-3-5-10-19(17)26/h3,5,8,10H,4,6-7,9,11-16H2,1-2H3. The van der Waals surface area contributed by atoms with E-state index in [-0.39, 0.29) is 11.6 Å². The molecule has 0 fully saturated rings. The van der Waals surface area contributed by atoms with Crippen LogP contribution in [-0.2, 0) is 30.6 Å². The van der Waals surface area contributed by atoms with Crippen LogP contribution in [0.4, 0.5) is 5.69 Å². The predicted octanol–water partition coefficient (Wildman–Crippen LogP) is 2.76. The van der Waals surface area contributed by atoms with Crippen LogP contribution < -0.4 is 10.6 Å². The van der Waals surface area contributed by atoms with Crippen molar-refractivity contribution < 1.29 is 4.79 Å². The molecule has 1 amide bonds. The van der Waals surface area contributed by atoms with E-state index in [1.807, 2.05) is 41.8 Å². The van der Waals surface area contributed by atoms with Crippen molar-refractivity contribution in [3.8, 4) is 0 Å². The lowest BCUT2D eigenvalue weighted by atomic mass is 9.97. The first-order valence-corrected chi connectivity index (χ1v) is 11.8. The van der Waals surface area contributed by atoms with Gasteiger partial charge in [-0.1, -0.05) is 30.0 Å². The number of aromatic nitrogens is 2. The van der Waals surface area contributed by atoms with Gasteiger partial charge in [-0.05, 0) is 70.8 Å². The van der Waals surface area contributed by atoms with Gasteiger partial charge in [0.1, 0.15) is 5.03 Å². The van der Waals surface area contributed by atoms with E-state index in [2.05, 4.69) is 16.0 Å². The van der Waals surface area contributed by atoms with Crippen molar-refractivity contribution in [1.29, 1.82) is 0 Å². The van der Waals surface area contributed by atoms with Gasteiger partial charge in [0.05, 0.1) is 5.75 Å². The first-order chi connectivity index (χ1) is 14.5. The second-order valence-electron chi connectivity index (χ2n) is 8.35. The van der Waals surface area contributed by atoms with Crippen molar-refractivity contribution in [3.05, 3.63) is 51.6 Å². The van der Waals surface area contributed by atoms with Gasteiger partial charge in [-0.15, -0.1) is 0 Å². The molecule has 2 aliphatic rings. The molecule has 0 N–H and O–H groups in total. The Kier molecular flexibility index (Phi) is 6.58. The van der Waals surface area contributed by atoms with E-state index in [1.54, 1.807) is 0 Å². The van der Waals surface area contributed by atoms with E-state index >= 15 is 0 Å². The van der Waals surface area contributed by atoms with Gasteiger partial charge in [0.25, 0.3) is 0 Å². The van der Waals surface area contributed by atoms with E-state index in [0.29, 0.717) is 12.3 Å². The zero-order chi connectivity index (χ0) is 21.1. The minimum atomic E-state index is -0.170. The molecule has 0 unspecified atom stereocenters. The number of carbonyl (C=O) groups excluding carboxylic acids is 1. The highest BCUT2D eigenvalue weighted by molar-refractivity contribution is 8.00. The van der Waals surface area contributed by atoms with Crippen LogP contribution in [0.25, 0.3) is 0 Å². The molecule has 1 aromatic carbocycles. The Labute approximate surface area is 182 Å². The molecule has 1 aliphatic heterocycles.